The van der Waals surface area contributed by atoms with E-state index in [0.717, 1.165) is 24.4 Å². The smallest absolute Gasteiger partial charge is 0.252 e. The van der Waals surface area contributed by atoms with Crippen LogP contribution in [0.5, 0.6) is 5.75 Å². The number of nitrogens with zero attached hydrogens (tertiary/aromatic N) is 1. The van der Waals surface area contributed by atoms with Crippen LogP contribution in [0.3, 0.4) is 0 Å². The first-order valence-electron chi connectivity index (χ1n) is 9.19. The normalized spacial score (nSPS) is 12.6. The van der Waals surface area contributed by atoms with Crippen molar-refractivity contribution in [3.63, 3.8) is 0 Å². The molecule has 9 heteroatoms. The SMILES string of the molecule is CCN(CC)[C@H](CNC(=O)c1cc(S(N)(=O)=O)ccc1Cl)c1cccc(OC)c1. The summed E-state index contributed by atoms with van der Waals surface area (Å²) in [7, 11) is -2.33. The highest BCUT2D eigenvalue weighted by atomic mass is 35.5. The molecule has 0 aromatic heterocycles. The largest absolute Gasteiger partial charge is 0.497 e. The number of nitrogens with two attached hydrogens (primary N) is 1. The second kappa shape index (κ2) is 10.1. The molecule has 3 N–H and O–H groups in total. The predicted octanol–water partition coefficient (Wildman–Crippen LogP) is 2.81. The molecule has 2 aromatic rings. The van der Waals surface area contributed by atoms with E-state index in [1.807, 2.05) is 38.1 Å². The summed E-state index contributed by atoms with van der Waals surface area (Å²) < 4.78 is 28.5. The van der Waals surface area contributed by atoms with Gasteiger partial charge in [-0.15, -0.1) is 0 Å². The van der Waals surface area contributed by atoms with E-state index in [1.165, 1.54) is 18.2 Å². The number of likely N-dealkylation sites (N-methyl/N-ethyl adjacent to an activating group) is 1. The number of hydrogen-bond acceptors (Lipinski definition) is 5. The number of methoxy groups -OCH3 is 1. The summed E-state index contributed by atoms with van der Waals surface area (Å²) >= 11 is 6.11. The highest BCUT2D eigenvalue weighted by Crippen LogP contribution is 2.25. The molecule has 2 rings (SSSR count). The van der Waals surface area contributed by atoms with Gasteiger partial charge >= 0.3 is 0 Å². The van der Waals surface area contributed by atoms with E-state index < -0.39 is 15.9 Å². The maximum Gasteiger partial charge on any atom is 0.252 e. The Morgan fingerprint density at radius 1 is 1.21 bits per heavy atom. The van der Waals surface area contributed by atoms with Crippen LogP contribution in [0.2, 0.25) is 5.02 Å². The monoisotopic (exact) mass is 439 g/mol. The number of carbonyl (C=O) groups is 1. The number of hydrogen-bond donors (Lipinski definition) is 2. The lowest BCUT2D eigenvalue weighted by Crippen LogP contribution is -2.38. The standard InChI is InChI=1S/C20H26ClN3O4S/c1-4-24(5-2)19(14-7-6-8-15(11-14)28-3)13-23-20(25)17-12-16(29(22,26)27)9-10-18(17)21/h6-12,19H,4-5,13H2,1-3H3,(H,23,25)(H2,22,26,27)/t19-/m1/s1. The number of sulfonamides is 1. The molecule has 2 aromatic carbocycles. The fourth-order valence-corrected chi connectivity index (χ4v) is 3.85. The minimum absolute atomic E-state index is 0.0575. The second-order valence-corrected chi connectivity index (χ2v) is 8.38. The van der Waals surface area contributed by atoms with Gasteiger partial charge in [-0.25, -0.2) is 13.6 Å². The lowest BCUT2D eigenvalue weighted by Gasteiger charge is -2.30. The van der Waals surface area contributed by atoms with Gasteiger partial charge in [0.1, 0.15) is 5.75 Å². The quantitative estimate of drug-likeness (QED) is 0.625. The Bertz CT molecular complexity index is 962. The Kier molecular flexibility index (Phi) is 8.04. The molecular formula is C20H26ClN3O4S. The van der Waals surface area contributed by atoms with Crippen LogP contribution < -0.4 is 15.2 Å². The van der Waals surface area contributed by atoms with Crippen LogP contribution >= 0.6 is 11.6 Å². The number of nitrogens with one attached hydrogen (secondary N) is 1. The summed E-state index contributed by atoms with van der Waals surface area (Å²) in [6.07, 6.45) is 0. The Morgan fingerprint density at radius 3 is 2.48 bits per heavy atom. The minimum Gasteiger partial charge on any atom is -0.497 e. The van der Waals surface area contributed by atoms with Crippen molar-refractivity contribution in [2.75, 3.05) is 26.7 Å². The van der Waals surface area contributed by atoms with E-state index in [0.29, 0.717) is 6.54 Å². The zero-order valence-electron chi connectivity index (χ0n) is 16.7. The first kappa shape index (κ1) is 23.2. The Hall–Kier alpha value is -2.13. The van der Waals surface area contributed by atoms with E-state index >= 15 is 0 Å². The van der Waals surface area contributed by atoms with Crippen molar-refractivity contribution in [3.05, 3.63) is 58.6 Å². The molecule has 0 aliphatic heterocycles. The van der Waals surface area contributed by atoms with E-state index in [2.05, 4.69) is 10.2 Å². The summed E-state index contributed by atoms with van der Waals surface area (Å²) in [5, 5.41) is 8.17. The molecule has 158 valence electrons. The lowest BCUT2D eigenvalue weighted by atomic mass is 10.0. The molecule has 0 unspecified atom stereocenters. The molecule has 0 heterocycles. The molecule has 0 fully saturated rings. The fraction of sp³-hybridized carbons (Fsp3) is 0.350. The van der Waals surface area contributed by atoms with Gasteiger partial charge < -0.3 is 10.1 Å². The highest BCUT2D eigenvalue weighted by molar-refractivity contribution is 7.89. The zero-order chi connectivity index (χ0) is 21.6. The van der Waals surface area contributed by atoms with Crippen molar-refractivity contribution in [2.45, 2.75) is 24.8 Å². The molecule has 0 radical (unpaired) electrons. The number of primary sulfonamides is 1. The Labute approximate surface area is 176 Å². The lowest BCUT2D eigenvalue weighted by molar-refractivity contribution is 0.0935. The van der Waals surface area contributed by atoms with Crippen molar-refractivity contribution in [2.24, 2.45) is 5.14 Å². The van der Waals surface area contributed by atoms with Gasteiger partial charge in [0.25, 0.3) is 5.91 Å². The first-order valence-corrected chi connectivity index (χ1v) is 11.1. The molecule has 0 saturated carbocycles. The van der Waals surface area contributed by atoms with E-state index in [-0.39, 0.29) is 21.5 Å². The Morgan fingerprint density at radius 2 is 1.90 bits per heavy atom. The van der Waals surface area contributed by atoms with Crippen molar-refractivity contribution in [1.82, 2.24) is 10.2 Å². The number of carbonyl (C=O) groups excluding carboxylic acids is 1. The van der Waals surface area contributed by atoms with Gasteiger partial charge in [-0.2, -0.15) is 0 Å². The number of amides is 1. The molecule has 0 saturated heterocycles. The van der Waals surface area contributed by atoms with Crippen molar-refractivity contribution in [1.29, 1.82) is 0 Å². The topological polar surface area (TPSA) is 102 Å². The number of ether oxygens (including phenoxy) is 1. The molecule has 0 aliphatic carbocycles. The Balaban J connectivity index is 2.28. The van der Waals surface area contributed by atoms with Crippen LogP contribution in [0.4, 0.5) is 0 Å². The first-order chi connectivity index (χ1) is 13.7. The summed E-state index contributed by atoms with van der Waals surface area (Å²) in [6, 6.07) is 11.4. The van der Waals surface area contributed by atoms with Crippen molar-refractivity contribution >= 4 is 27.5 Å². The molecular weight excluding hydrogens is 414 g/mol. The van der Waals surface area contributed by atoms with Gasteiger partial charge in [0.05, 0.1) is 28.6 Å². The van der Waals surface area contributed by atoms with Gasteiger partial charge in [-0.1, -0.05) is 37.6 Å². The van der Waals surface area contributed by atoms with Crippen molar-refractivity contribution < 1.29 is 17.9 Å². The average molecular weight is 440 g/mol. The van der Waals surface area contributed by atoms with Gasteiger partial charge in [-0.3, -0.25) is 9.69 Å². The van der Waals surface area contributed by atoms with Gasteiger partial charge in [-0.05, 0) is 49.0 Å². The van der Waals surface area contributed by atoms with Gasteiger partial charge in [0.15, 0.2) is 0 Å². The van der Waals surface area contributed by atoms with Crippen molar-refractivity contribution in [3.8, 4) is 5.75 Å². The molecule has 0 spiro atoms. The van der Waals surface area contributed by atoms with Crippen LogP contribution in [0.25, 0.3) is 0 Å². The number of rotatable bonds is 9. The van der Waals surface area contributed by atoms with Crippen LogP contribution in [0.1, 0.15) is 35.8 Å². The summed E-state index contributed by atoms with van der Waals surface area (Å²) in [4.78, 5) is 14.8. The van der Waals surface area contributed by atoms with E-state index in [1.54, 1.807) is 7.11 Å². The summed E-state index contributed by atoms with van der Waals surface area (Å²) in [6.45, 7) is 5.98. The molecule has 1 amide bonds. The number of halogens is 1. The summed E-state index contributed by atoms with van der Waals surface area (Å²) in [5.74, 6) is 0.260. The van der Waals surface area contributed by atoms with Crippen LogP contribution in [-0.2, 0) is 10.0 Å². The fourth-order valence-electron chi connectivity index (χ4n) is 3.11. The van der Waals surface area contributed by atoms with Crippen LogP contribution in [-0.4, -0.2) is 46.0 Å². The molecule has 0 aliphatic rings. The predicted molar refractivity (Wildman–Crippen MR) is 114 cm³/mol. The average Bonchev–Trinajstić information content (AvgIpc) is 2.70. The third kappa shape index (κ3) is 5.93. The summed E-state index contributed by atoms with van der Waals surface area (Å²) in [5.41, 5.74) is 1.06. The maximum absolute atomic E-state index is 12.7. The zero-order valence-corrected chi connectivity index (χ0v) is 18.3. The minimum atomic E-state index is -3.94. The molecule has 7 nitrogen and oxygen atoms in total. The number of benzene rings is 2. The van der Waals surface area contributed by atoms with E-state index in [4.69, 9.17) is 21.5 Å². The highest BCUT2D eigenvalue weighted by Gasteiger charge is 2.21. The van der Waals surface area contributed by atoms with E-state index in [9.17, 15) is 13.2 Å². The molecule has 0 bridgehead atoms. The van der Waals surface area contributed by atoms with Crippen LogP contribution in [0, 0.1) is 0 Å². The third-order valence-corrected chi connectivity index (χ3v) is 5.94. The second-order valence-electron chi connectivity index (χ2n) is 6.41. The molecule has 29 heavy (non-hydrogen) atoms. The van der Waals surface area contributed by atoms with Gasteiger partial charge in [0.2, 0.25) is 10.0 Å². The van der Waals surface area contributed by atoms with Gasteiger partial charge in [0, 0.05) is 6.54 Å². The molecule has 1 atom stereocenters. The van der Waals surface area contributed by atoms with Crippen LogP contribution in [0.15, 0.2) is 47.4 Å². The third-order valence-electron chi connectivity index (χ3n) is 4.70. The maximum atomic E-state index is 12.7.